The molecule has 1 heterocycles. The lowest BCUT2D eigenvalue weighted by Gasteiger charge is -2.27. The van der Waals surface area contributed by atoms with Gasteiger partial charge in [0, 0.05) is 45.2 Å². The number of aryl methyl sites for hydroxylation is 1. The predicted octanol–water partition coefficient (Wildman–Crippen LogP) is 0.893. The van der Waals surface area contributed by atoms with Gasteiger partial charge in [0.25, 0.3) is 0 Å². The SMILES string of the molecule is Cl.O=C(CCc1ccc(S(=O)(=O)NC2CC2)cc1)NCCCN1CCNCC1. The van der Waals surface area contributed by atoms with Crippen molar-refractivity contribution in [1.29, 1.82) is 0 Å². The van der Waals surface area contributed by atoms with E-state index in [0.717, 1.165) is 57.5 Å². The minimum atomic E-state index is -3.41. The number of hydrogen-bond acceptors (Lipinski definition) is 5. The summed E-state index contributed by atoms with van der Waals surface area (Å²) >= 11 is 0. The molecule has 1 saturated carbocycles. The van der Waals surface area contributed by atoms with E-state index in [2.05, 4.69) is 20.3 Å². The molecule has 28 heavy (non-hydrogen) atoms. The number of rotatable bonds is 10. The van der Waals surface area contributed by atoms with Crippen molar-refractivity contribution in [2.24, 2.45) is 0 Å². The summed E-state index contributed by atoms with van der Waals surface area (Å²) in [5, 5.41) is 6.30. The first kappa shape index (κ1) is 23.1. The molecule has 1 aromatic carbocycles. The first-order chi connectivity index (χ1) is 13.0. The largest absolute Gasteiger partial charge is 0.356 e. The zero-order chi connectivity index (χ0) is 19.1. The van der Waals surface area contributed by atoms with Gasteiger partial charge >= 0.3 is 0 Å². The summed E-state index contributed by atoms with van der Waals surface area (Å²) in [7, 11) is -3.41. The Kier molecular flexibility index (Phi) is 9.17. The second-order valence-electron chi connectivity index (χ2n) is 7.33. The lowest BCUT2D eigenvalue weighted by molar-refractivity contribution is -0.121. The highest BCUT2D eigenvalue weighted by atomic mass is 35.5. The van der Waals surface area contributed by atoms with Crippen LogP contribution < -0.4 is 15.4 Å². The normalized spacial score (nSPS) is 17.7. The molecule has 0 radical (unpaired) electrons. The van der Waals surface area contributed by atoms with Gasteiger partial charge in [0.2, 0.25) is 15.9 Å². The summed E-state index contributed by atoms with van der Waals surface area (Å²) in [6.45, 7) is 5.97. The molecular weight excluding hydrogens is 400 g/mol. The molecule has 2 aliphatic rings. The molecule has 7 nitrogen and oxygen atoms in total. The molecule has 1 aliphatic heterocycles. The van der Waals surface area contributed by atoms with Crippen molar-refractivity contribution in [1.82, 2.24) is 20.3 Å². The molecule has 0 unspecified atom stereocenters. The Balaban J connectivity index is 0.00000280. The highest BCUT2D eigenvalue weighted by Crippen LogP contribution is 2.22. The van der Waals surface area contributed by atoms with Crippen molar-refractivity contribution in [3.63, 3.8) is 0 Å². The highest BCUT2D eigenvalue weighted by molar-refractivity contribution is 7.89. The third-order valence-electron chi connectivity index (χ3n) is 4.96. The van der Waals surface area contributed by atoms with Gasteiger partial charge in [-0.1, -0.05) is 12.1 Å². The number of benzene rings is 1. The smallest absolute Gasteiger partial charge is 0.240 e. The van der Waals surface area contributed by atoms with Crippen LogP contribution in [-0.2, 0) is 21.2 Å². The van der Waals surface area contributed by atoms with Gasteiger partial charge in [-0.25, -0.2) is 13.1 Å². The van der Waals surface area contributed by atoms with Crippen LogP contribution in [0.3, 0.4) is 0 Å². The first-order valence-corrected chi connectivity index (χ1v) is 11.3. The van der Waals surface area contributed by atoms with Crippen molar-refractivity contribution in [3.05, 3.63) is 29.8 Å². The van der Waals surface area contributed by atoms with E-state index < -0.39 is 10.0 Å². The van der Waals surface area contributed by atoms with Gasteiger partial charge in [-0.3, -0.25) is 4.79 Å². The number of carbonyl (C=O) groups excluding carboxylic acids is 1. The van der Waals surface area contributed by atoms with E-state index in [-0.39, 0.29) is 29.3 Å². The van der Waals surface area contributed by atoms with Gasteiger partial charge in [0.1, 0.15) is 0 Å². The minimum Gasteiger partial charge on any atom is -0.356 e. The van der Waals surface area contributed by atoms with E-state index in [1.807, 2.05) is 0 Å². The zero-order valence-corrected chi connectivity index (χ0v) is 17.8. The van der Waals surface area contributed by atoms with Crippen LogP contribution in [0, 0.1) is 0 Å². The van der Waals surface area contributed by atoms with Gasteiger partial charge in [0.05, 0.1) is 4.90 Å². The molecule has 1 amide bonds. The van der Waals surface area contributed by atoms with Crippen molar-refractivity contribution in [3.8, 4) is 0 Å². The molecule has 3 rings (SSSR count). The number of piperazine rings is 1. The molecule has 1 saturated heterocycles. The quantitative estimate of drug-likeness (QED) is 0.480. The second-order valence-corrected chi connectivity index (χ2v) is 9.05. The summed E-state index contributed by atoms with van der Waals surface area (Å²) in [5.74, 6) is 0.0439. The topological polar surface area (TPSA) is 90.5 Å². The van der Waals surface area contributed by atoms with Gasteiger partial charge in [-0.2, -0.15) is 0 Å². The first-order valence-electron chi connectivity index (χ1n) is 9.84. The van der Waals surface area contributed by atoms with Gasteiger partial charge in [0.15, 0.2) is 0 Å². The third-order valence-corrected chi connectivity index (χ3v) is 6.49. The molecule has 1 aromatic rings. The summed E-state index contributed by atoms with van der Waals surface area (Å²) in [5.41, 5.74) is 0.969. The van der Waals surface area contributed by atoms with Crippen LogP contribution in [0.1, 0.15) is 31.2 Å². The standard InChI is InChI=1S/C19H30N4O3S.ClH/c24-19(21-10-1-13-23-14-11-20-12-15-23)9-4-16-2-7-18(8-3-16)27(25,26)22-17-5-6-17;/h2-3,7-8,17,20,22H,1,4-6,9-15H2,(H,21,24);1H. The average molecular weight is 431 g/mol. The van der Waals surface area contributed by atoms with E-state index in [9.17, 15) is 13.2 Å². The number of carbonyl (C=O) groups is 1. The lowest BCUT2D eigenvalue weighted by Crippen LogP contribution is -2.44. The summed E-state index contributed by atoms with van der Waals surface area (Å²) < 4.78 is 26.9. The van der Waals surface area contributed by atoms with E-state index in [1.54, 1.807) is 24.3 Å². The van der Waals surface area contributed by atoms with Crippen LogP contribution in [0.25, 0.3) is 0 Å². The third kappa shape index (κ3) is 7.67. The van der Waals surface area contributed by atoms with Gasteiger partial charge < -0.3 is 15.5 Å². The number of sulfonamides is 1. The molecule has 9 heteroatoms. The number of nitrogens with one attached hydrogen (secondary N) is 3. The Morgan fingerprint density at radius 3 is 2.46 bits per heavy atom. The fourth-order valence-electron chi connectivity index (χ4n) is 3.14. The Labute approximate surface area is 174 Å². The Morgan fingerprint density at radius 2 is 1.82 bits per heavy atom. The zero-order valence-electron chi connectivity index (χ0n) is 16.2. The molecule has 0 bridgehead atoms. The maximum atomic E-state index is 12.1. The van der Waals surface area contributed by atoms with Crippen LogP contribution in [0.5, 0.6) is 0 Å². The van der Waals surface area contributed by atoms with Gasteiger partial charge in [-0.15, -0.1) is 12.4 Å². The molecular formula is C19H31ClN4O3S. The van der Waals surface area contributed by atoms with E-state index in [0.29, 0.717) is 19.4 Å². The molecule has 0 spiro atoms. The van der Waals surface area contributed by atoms with Crippen LogP contribution in [0.2, 0.25) is 0 Å². The van der Waals surface area contributed by atoms with E-state index in [4.69, 9.17) is 0 Å². The fraction of sp³-hybridized carbons (Fsp3) is 0.632. The molecule has 1 aliphatic carbocycles. The number of nitrogens with zero attached hydrogens (tertiary/aromatic N) is 1. The molecule has 3 N–H and O–H groups in total. The van der Waals surface area contributed by atoms with Crippen LogP contribution >= 0.6 is 12.4 Å². The lowest BCUT2D eigenvalue weighted by atomic mass is 10.1. The maximum absolute atomic E-state index is 12.1. The van der Waals surface area contributed by atoms with Crippen LogP contribution in [-0.4, -0.2) is 64.5 Å². The maximum Gasteiger partial charge on any atom is 0.240 e. The molecule has 158 valence electrons. The fourth-order valence-corrected chi connectivity index (χ4v) is 4.44. The van der Waals surface area contributed by atoms with Gasteiger partial charge in [-0.05, 0) is 49.9 Å². The Hall–Kier alpha value is -1.19. The Morgan fingerprint density at radius 1 is 1.14 bits per heavy atom. The highest BCUT2D eigenvalue weighted by Gasteiger charge is 2.27. The predicted molar refractivity (Wildman–Crippen MR) is 112 cm³/mol. The summed E-state index contributed by atoms with van der Waals surface area (Å²) in [4.78, 5) is 14.7. The van der Waals surface area contributed by atoms with E-state index >= 15 is 0 Å². The summed E-state index contributed by atoms with van der Waals surface area (Å²) in [6.07, 6.45) is 3.83. The van der Waals surface area contributed by atoms with Crippen molar-refractivity contribution >= 4 is 28.3 Å². The molecule has 0 aromatic heterocycles. The Bertz CT molecular complexity index is 717. The van der Waals surface area contributed by atoms with Crippen molar-refractivity contribution in [2.75, 3.05) is 39.3 Å². The number of halogens is 1. The van der Waals surface area contributed by atoms with Crippen molar-refractivity contribution < 1.29 is 13.2 Å². The van der Waals surface area contributed by atoms with Crippen LogP contribution in [0.15, 0.2) is 29.2 Å². The molecule has 0 atom stereocenters. The molecule has 2 fully saturated rings. The average Bonchev–Trinajstić information content (AvgIpc) is 3.48. The van der Waals surface area contributed by atoms with Crippen molar-refractivity contribution in [2.45, 2.75) is 43.0 Å². The minimum absolute atomic E-state index is 0. The number of amides is 1. The van der Waals surface area contributed by atoms with E-state index in [1.165, 1.54) is 0 Å². The second kappa shape index (κ2) is 11.1. The summed E-state index contributed by atoms with van der Waals surface area (Å²) in [6, 6.07) is 6.92. The number of hydrogen-bond donors (Lipinski definition) is 3. The van der Waals surface area contributed by atoms with Crippen LogP contribution in [0.4, 0.5) is 0 Å². The monoisotopic (exact) mass is 430 g/mol.